The number of carbonyl (C=O) groups is 2. The predicted octanol–water partition coefficient (Wildman–Crippen LogP) is -0.683. The first-order valence-electron chi connectivity index (χ1n) is 7.34. The number of hydrogen-bond donors (Lipinski definition) is 4. The number of thiazole rings is 1. The highest BCUT2D eigenvalue weighted by Gasteiger charge is 2.50. The third kappa shape index (κ3) is 2.97. The standard InChI is InChI=1S/C14H15N5O5S2/c1-2-6-5-26(24)12-7(3-19(12)10(6)13(21)22)16-11(20)9(18-23)8-4-25-14(15)17-8/h2,4,7,12,23H,1,3,5H2,(H2,15,17)(H,16,20)(H,21,22)/b18-9-/t7-,12-,26?/m1/s1. The molecule has 2 aliphatic rings. The van der Waals surface area contributed by atoms with Crippen LogP contribution in [0.5, 0.6) is 0 Å². The van der Waals surface area contributed by atoms with Gasteiger partial charge in [-0.05, 0) is 5.57 Å². The van der Waals surface area contributed by atoms with Crippen molar-refractivity contribution in [2.24, 2.45) is 5.16 Å². The summed E-state index contributed by atoms with van der Waals surface area (Å²) < 4.78 is 12.4. The summed E-state index contributed by atoms with van der Waals surface area (Å²) in [6.07, 6.45) is 1.38. The fraction of sp³-hybridized carbons (Fsp3) is 0.286. The van der Waals surface area contributed by atoms with Crippen molar-refractivity contribution in [1.82, 2.24) is 15.2 Å². The third-order valence-corrected chi connectivity index (χ3v) is 6.44. The summed E-state index contributed by atoms with van der Waals surface area (Å²) in [4.78, 5) is 29.2. The average molecular weight is 397 g/mol. The summed E-state index contributed by atoms with van der Waals surface area (Å²) in [5.74, 6) is -1.81. The van der Waals surface area contributed by atoms with E-state index in [-0.39, 0.29) is 34.5 Å². The quantitative estimate of drug-likeness (QED) is 0.289. The lowest BCUT2D eigenvalue weighted by molar-refractivity contribution is -0.135. The van der Waals surface area contributed by atoms with Crippen LogP contribution in [0.15, 0.2) is 34.5 Å². The molecule has 5 N–H and O–H groups in total. The molecule has 0 spiro atoms. The molecule has 3 atom stereocenters. The zero-order chi connectivity index (χ0) is 19.0. The highest BCUT2D eigenvalue weighted by atomic mass is 32.2. The van der Waals surface area contributed by atoms with Gasteiger partial charge in [0.05, 0.1) is 22.6 Å². The SMILES string of the molecule is C=CC1=C(C(=O)O)N2C[C@@H](NC(=O)/C(=N\O)c3csc(N)n3)[C@H]2S(=O)C1. The van der Waals surface area contributed by atoms with Gasteiger partial charge < -0.3 is 26.3 Å². The fourth-order valence-electron chi connectivity index (χ4n) is 2.90. The molecule has 0 bridgehead atoms. The number of nitrogens with two attached hydrogens (primary N) is 1. The summed E-state index contributed by atoms with van der Waals surface area (Å²) in [6.45, 7) is 3.73. The van der Waals surface area contributed by atoms with Gasteiger partial charge in [0.1, 0.15) is 16.8 Å². The minimum Gasteiger partial charge on any atom is -0.477 e. The van der Waals surface area contributed by atoms with E-state index in [2.05, 4.69) is 22.0 Å². The number of allylic oxidation sites excluding steroid dienone is 1. The molecule has 0 aliphatic carbocycles. The first kappa shape index (κ1) is 18.1. The van der Waals surface area contributed by atoms with E-state index in [0.717, 1.165) is 11.3 Å². The number of carboxylic acids is 1. The van der Waals surface area contributed by atoms with E-state index in [1.165, 1.54) is 16.4 Å². The van der Waals surface area contributed by atoms with Crippen LogP contribution in [0.2, 0.25) is 0 Å². The minimum atomic E-state index is -1.41. The third-order valence-electron chi connectivity index (χ3n) is 4.05. The van der Waals surface area contributed by atoms with Crippen LogP contribution in [0.3, 0.4) is 0 Å². The Balaban J connectivity index is 1.77. The Morgan fingerprint density at radius 2 is 2.31 bits per heavy atom. The molecule has 1 amide bonds. The van der Waals surface area contributed by atoms with E-state index in [4.69, 9.17) is 10.9 Å². The largest absolute Gasteiger partial charge is 0.477 e. The van der Waals surface area contributed by atoms with Gasteiger partial charge in [0.15, 0.2) is 10.8 Å². The van der Waals surface area contributed by atoms with Gasteiger partial charge >= 0.3 is 5.97 Å². The van der Waals surface area contributed by atoms with Crippen molar-refractivity contribution in [1.29, 1.82) is 0 Å². The Labute approximate surface area is 154 Å². The second kappa shape index (κ2) is 6.88. The number of carboxylic acid groups (broad SMARTS) is 1. The van der Waals surface area contributed by atoms with Crippen LogP contribution in [-0.4, -0.2) is 65.7 Å². The molecule has 2 aliphatic heterocycles. The van der Waals surface area contributed by atoms with Crippen molar-refractivity contribution in [3.63, 3.8) is 0 Å². The molecule has 1 unspecified atom stereocenters. The molecule has 0 aromatic carbocycles. The number of aliphatic carboxylic acids is 1. The second-order valence-electron chi connectivity index (χ2n) is 5.55. The van der Waals surface area contributed by atoms with Gasteiger partial charge in [0.25, 0.3) is 5.91 Å². The van der Waals surface area contributed by atoms with Crippen LogP contribution in [-0.2, 0) is 20.4 Å². The number of amides is 1. The molecule has 0 saturated carbocycles. The maximum atomic E-state index is 12.4. The number of nitrogens with one attached hydrogen (secondary N) is 1. The number of carbonyl (C=O) groups excluding carboxylic acids is 1. The van der Waals surface area contributed by atoms with Crippen molar-refractivity contribution in [3.05, 3.63) is 35.0 Å². The van der Waals surface area contributed by atoms with E-state index < -0.39 is 34.1 Å². The molecule has 12 heteroatoms. The van der Waals surface area contributed by atoms with E-state index in [1.54, 1.807) is 0 Å². The highest BCUT2D eigenvalue weighted by molar-refractivity contribution is 7.86. The molecule has 1 aromatic heterocycles. The molecule has 1 saturated heterocycles. The van der Waals surface area contributed by atoms with Crippen molar-refractivity contribution in [2.45, 2.75) is 11.4 Å². The summed E-state index contributed by atoms with van der Waals surface area (Å²) in [6, 6.07) is -0.559. The van der Waals surface area contributed by atoms with Crippen molar-refractivity contribution < 1.29 is 24.1 Å². The molecular formula is C14H15N5O5S2. The number of hydrogen-bond acceptors (Lipinski definition) is 9. The van der Waals surface area contributed by atoms with Gasteiger partial charge in [-0.15, -0.1) is 11.3 Å². The zero-order valence-electron chi connectivity index (χ0n) is 13.3. The molecule has 3 heterocycles. The summed E-state index contributed by atoms with van der Waals surface area (Å²) in [5.41, 5.74) is 5.74. The first-order chi connectivity index (χ1) is 12.4. The van der Waals surface area contributed by atoms with Gasteiger partial charge in [-0.25, -0.2) is 9.78 Å². The van der Waals surface area contributed by atoms with Gasteiger partial charge in [-0.3, -0.25) is 9.00 Å². The molecule has 26 heavy (non-hydrogen) atoms. The molecule has 1 fully saturated rings. The van der Waals surface area contributed by atoms with E-state index in [9.17, 15) is 18.9 Å². The van der Waals surface area contributed by atoms with Gasteiger partial charge in [0, 0.05) is 11.9 Å². The highest BCUT2D eigenvalue weighted by Crippen LogP contribution is 2.34. The Kier molecular flexibility index (Phi) is 4.78. The summed E-state index contributed by atoms with van der Waals surface area (Å²) in [7, 11) is -1.41. The van der Waals surface area contributed by atoms with Gasteiger partial charge in [0.2, 0.25) is 0 Å². The lowest BCUT2D eigenvalue weighted by Crippen LogP contribution is -2.70. The maximum Gasteiger partial charge on any atom is 0.352 e. The monoisotopic (exact) mass is 397 g/mol. The van der Waals surface area contributed by atoms with Crippen LogP contribution in [0.4, 0.5) is 5.13 Å². The molecule has 10 nitrogen and oxygen atoms in total. The average Bonchev–Trinajstić information content (AvgIpc) is 2.98. The Bertz CT molecular complexity index is 877. The number of fused-ring (bicyclic) bond motifs is 1. The second-order valence-corrected chi connectivity index (χ2v) is 7.97. The maximum absolute atomic E-state index is 12.4. The number of anilines is 1. The Morgan fingerprint density at radius 3 is 2.85 bits per heavy atom. The van der Waals surface area contributed by atoms with Crippen LogP contribution in [0.25, 0.3) is 0 Å². The number of rotatable bonds is 5. The summed E-state index contributed by atoms with van der Waals surface area (Å²) >= 11 is 1.09. The number of nitrogen functional groups attached to an aromatic ring is 1. The van der Waals surface area contributed by atoms with Crippen molar-refractivity contribution in [2.75, 3.05) is 18.0 Å². The van der Waals surface area contributed by atoms with Crippen molar-refractivity contribution in [3.8, 4) is 0 Å². The van der Waals surface area contributed by atoms with Crippen molar-refractivity contribution >= 4 is 44.9 Å². The number of aromatic nitrogens is 1. The van der Waals surface area contributed by atoms with Crippen LogP contribution in [0.1, 0.15) is 5.69 Å². The van der Waals surface area contributed by atoms with E-state index >= 15 is 0 Å². The van der Waals surface area contributed by atoms with Crippen LogP contribution >= 0.6 is 11.3 Å². The zero-order valence-corrected chi connectivity index (χ0v) is 14.9. The topological polar surface area (TPSA) is 158 Å². The Morgan fingerprint density at radius 1 is 1.58 bits per heavy atom. The van der Waals surface area contributed by atoms with E-state index in [1.807, 2.05) is 0 Å². The van der Waals surface area contributed by atoms with E-state index in [0.29, 0.717) is 5.57 Å². The normalized spacial score (nSPS) is 25.3. The number of oxime groups is 1. The van der Waals surface area contributed by atoms with Crippen LogP contribution in [0, 0.1) is 0 Å². The minimum absolute atomic E-state index is 0.0402. The van der Waals surface area contributed by atoms with Gasteiger partial charge in [-0.1, -0.05) is 17.8 Å². The van der Waals surface area contributed by atoms with Gasteiger partial charge in [-0.2, -0.15) is 0 Å². The lowest BCUT2D eigenvalue weighted by Gasteiger charge is -2.51. The molecule has 138 valence electrons. The molecule has 0 radical (unpaired) electrons. The molecule has 3 rings (SSSR count). The lowest BCUT2D eigenvalue weighted by atomic mass is 10.0. The summed E-state index contributed by atoms with van der Waals surface area (Å²) in [5, 5.41) is 25.1. The number of nitrogens with zero attached hydrogens (tertiary/aromatic N) is 3. The molecule has 1 aromatic rings. The fourth-order valence-corrected chi connectivity index (χ4v) is 5.17. The van der Waals surface area contributed by atoms with Crippen LogP contribution < -0.4 is 11.1 Å². The predicted molar refractivity (Wildman–Crippen MR) is 95.1 cm³/mol. The Hall–Kier alpha value is -2.73. The molecular weight excluding hydrogens is 382 g/mol. The smallest absolute Gasteiger partial charge is 0.352 e. The first-order valence-corrected chi connectivity index (χ1v) is 9.60.